The van der Waals surface area contributed by atoms with Gasteiger partial charge in [-0.2, -0.15) is 0 Å². The normalized spacial score (nSPS) is 14.7. The number of carbonyl (C=O) groups excluding carboxylic acids is 2. The van der Waals surface area contributed by atoms with E-state index >= 15 is 0 Å². The minimum atomic E-state index is -0.473. The third kappa shape index (κ3) is 7.02. The third-order valence-corrected chi connectivity index (χ3v) is 6.56. The zero-order chi connectivity index (χ0) is 24.0. The molecule has 178 valence electrons. The summed E-state index contributed by atoms with van der Waals surface area (Å²) >= 11 is 6.49. The lowest BCUT2D eigenvalue weighted by molar-refractivity contribution is -0.138. The van der Waals surface area contributed by atoms with E-state index in [4.69, 9.17) is 17.3 Å². The second-order valence-electron chi connectivity index (χ2n) is 9.67. The quantitative estimate of drug-likeness (QED) is 0.522. The Morgan fingerprint density at radius 1 is 1.15 bits per heavy atom. The van der Waals surface area contributed by atoms with Gasteiger partial charge in [-0.25, -0.2) is 4.39 Å². The Balaban J connectivity index is 1.81. The van der Waals surface area contributed by atoms with E-state index in [1.165, 1.54) is 24.6 Å². The highest BCUT2D eigenvalue weighted by molar-refractivity contribution is 6.31. The van der Waals surface area contributed by atoms with Crippen molar-refractivity contribution >= 4 is 29.1 Å². The van der Waals surface area contributed by atoms with Crippen molar-refractivity contribution in [2.45, 2.75) is 52.5 Å². The highest BCUT2D eigenvalue weighted by Gasteiger charge is 2.30. The first-order valence-corrected chi connectivity index (χ1v) is 11.9. The van der Waals surface area contributed by atoms with E-state index < -0.39 is 11.7 Å². The largest absolute Gasteiger partial charge is 0.337 e. The van der Waals surface area contributed by atoms with E-state index in [1.807, 2.05) is 18.7 Å². The first kappa shape index (κ1) is 25.2. The molecule has 0 bridgehead atoms. The number of halogens is 2. The van der Waals surface area contributed by atoms with Crippen molar-refractivity contribution in [2.75, 3.05) is 18.4 Å². The number of nitrogens with one attached hydrogen (secondary N) is 1. The molecule has 0 aromatic heterocycles. The summed E-state index contributed by atoms with van der Waals surface area (Å²) in [5.74, 6) is -0.718. The molecule has 0 radical (unpaired) electrons. The summed E-state index contributed by atoms with van der Waals surface area (Å²) in [6, 6.07) is 10.7. The topological polar surface area (TPSA) is 75.4 Å². The number of hydrogen-bond acceptors (Lipinski definition) is 3. The van der Waals surface area contributed by atoms with E-state index in [-0.39, 0.29) is 22.8 Å². The SMILES string of the molecule is CC(C)(CN)CN(Cc1cc(NC(=O)c2cccc(F)c2)ccc1Cl)C(=O)C1CCCCC1. The smallest absolute Gasteiger partial charge is 0.255 e. The molecule has 1 fully saturated rings. The zero-order valence-electron chi connectivity index (χ0n) is 19.4. The number of amides is 2. The molecule has 2 aromatic carbocycles. The molecular formula is C26H33ClFN3O2. The molecule has 2 amide bonds. The molecule has 1 saturated carbocycles. The van der Waals surface area contributed by atoms with Gasteiger partial charge in [0.2, 0.25) is 5.91 Å². The Kier molecular flexibility index (Phi) is 8.49. The molecule has 3 rings (SSSR count). The first-order valence-electron chi connectivity index (χ1n) is 11.5. The van der Waals surface area contributed by atoms with Crippen molar-refractivity contribution < 1.29 is 14.0 Å². The summed E-state index contributed by atoms with van der Waals surface area (Å²) in [5, 5.41) is 3.31. The highest BCUT2D eigenvalue weighted by Crippen LogP contribution is 2.30. The Hall–Kier alpha value is -2.44. The standard InChI is InChI=1S/C26H33ClFN3O2/c1-26(2,16-29)17-31(25(33)18-7-4-3-5-8-18)15-20-14-22(11-12-23(20)27)30-24(32)19-9-6-10-21(28)13-19/h6,9-14,18H,3-5,7-8,15-17,29H2,1-2H3,(H,30,32). The van der Waals surface area contributed by atoms with Crippen molar-refractivity contribution in [3.63, 3.8) is 0 Å². The summed E-state index contributed by atoms with van der Waals surface area (Å²) in [7, 11) is 0. The van der Waals surface area contributed by atoms with Gasteiger partial charge in [-0.3, -0.25) is 9.59 Å². The summed E-state index contributed by atoms with van der Waals surface area (Å²) in [6.07, 6.45) is 5.16. The lowest BCUT2D eigenvalue weighted by Gasteiger charge is -2.35. The van der Waals surface area contributed by atoms with Crippen LogP contribution in [0.2, 0.25) is 5.02 Å². The molecule has 0 unspecified atom stereocenters. The van der Waals surface area contributed by atoms with E-state index in [9.17, 15) is 14.0 Å². The summed E-state index contributed by atoms with van der Waals surface area (Å²) in [5.41, 5.74) is 7.23. The van der Waals surface area contributed by atoms with Gasteiger partial charge in [-0.1, -0.05) is 50.8 Å². The maximum Gasteiger partial charge on any atom is 0.255 e. The van der Waals surface area contributed by atoms with Gasteiger partial charge in [0, 0.05) is 35.3 Å². The average Bonchev–Trinajstić information content (AvgIpc) is 2.80. The monoisotopic (exact) mass is 473 g/mol. The molecule has 0 heterocycles. The lowest BCUT2D eigenvalue weighted by atomic mass is 9.86. The van der Waals surface area contributed by atoms with E-state index in [2.05, 4.69) is 5.32 Å². The third-order valence-electron chi connectivity index (χ3n) is 6.19. The van der Waals surface area contributed by atoms with Gasteiger partial charge in [0.15, 0.2) is 0 Å². The average molecular weight is 474 g/mol. The molecule has 5 nitrogen and oxygen atoms in total. The van der Waals surface area contributed by atoms with Crippen LogP contribution < -0.4 is 11.1 Å². The molecule has 1 aliphatic carbocycles. The van der Waals surface area contributed by atoms with Crippen LogP contribution in [0.3, 0.4) is 0 Å². The first-order chi connectivity index (χ1) is 15.7. The Labute approximate surface area is 200 Å². The van der Waals surface area contributed by atoms with Crippen LogP contribution in [0.4, 0.5) is 10.1 Å². The van der Waals surface area contributed by atoms with Gasteiger partial charge in [-0.15, -0.1) is 0 Å². The van der Waals surface area contributed by atoms with Crippen molar-refractivity contribution in [1.29, 1.82) is 0 Å². The molecule has 0 saturated heterocycles. The maximum atomic E-state index is 13.5. The van der Waals surface area contributed by atoms with Gasteiger partial charge < -0.3 is 16.0 Å². The van der Waals surface area contributed by atoms with E-state index in [0.717, 1.165) is 31.2 Å². The fourth-order valence-electron chi connectivity index (χ4n) is 4.21. The van der Waals surface area contributed by atoms with Crippen LogP contribution in [0.25, 0.3) is 0 Å². The predicted molar refractivity (Wildman–Crippen MR) is 131 cm³/mol. The van der Waals surface area contributed by atoms with Gasteiger partial charge in [-0.05, 0) is 66.8 Å². The fraction of sp³-hybridized carbons (Fsp3) is 0.462. The van der Waals surface area contributed by atoms with Crippen molar-refractivity contribution in [1.82, 2.24) is 4.90 Å². The molecule has 0 atom stereocenters. The molecule has 1 aliphatic rings. The molecule has 2 aromatic rings. The second-order valence-corrected chi connectivity index (χ2v) is 10.1. The lowest BCUT2D eigenvalue weighted by Crippen LogP contribution is -2.44. The van der Waals surface area contributed by atoms with Crippen molar-refractivity contribution in [2.24, 2.45) is 17.1 Å². The molecule has 0 aliphatic heterocycles. The molecule has 33 heavy (non-hydrogen) atoms. The van der Waals surface area contributed by atoms with Crippen LogP contribution in [0, 0.1) is 17.2 Å². The number of anilines is 1. The number of carbonyl (C=O) groups is 2. The van der Waals surface area contributed by atoms with Crippen LogP contribution in [-0.4, -0.2) is 29.8 Å². The van der Waals surface area contributed by atoms with Gasteiger partial charge >= 0.3 is 0 Å². The number of nitrogens with two attached hydrogens (primary N) is 1. The number of hydrogen-bond donors (Lipinski definition) is 2. The Bertz CT molecular complexity index is 989. The molecule has 7 heteroatoms. The minimum absolute atomic E-state index is 0.0296. The second kappa shape index (κ2) is 11.1. The number of nitrogens with zero attached hydrogens (tertiary/aromatic N) is 1. The van der Waals surface area contributed by atoms with Crippen LogP contribution in [0.15, 0.2) is 42.5 Å². The van der Waals surface area contributed by atoms with Gasteiger partial charge in [0.1, 0.15) is 5.82 Å². The Morgan fingerprint density at radius 3 is 2.55 bits per heavy atom. The number of rotatable bonds is 8. The molecule has 0 spiro atoms. The highest BCUT2D eigenvalue weighted by atomic mass is 35.5. The fourth-order valence-corrected chi connectivity index (χ4v) is 4.39. The van der Waals surface area contributed by atoms with E-state index in [0.29, 0.717) is 30.3 Å². The summed E-state index contributed by atoms with van der Waals surface area (Å²) in [4.78, 5) is 27.8. The predicted octanol–water partition coefficient (Wildman–Crippen LogP) is 5.63. The Morgan fingerprint density at radius 2 is 1.88 bits per heavy atom. The van der Waals surface area contributed by atoms with E-state index in [1.54, 1.807) is 24.3 Å². The molecule has 3 N–H and O–H groups in total. The van der Waals surface area contributed by atoms with Crippen LogP contribution in [0.5, 0.6) is 0 Å². The van der Waals surface area contributed by atoms with Gasteiger partial charge in [0.25, 0.3) is 5.91 Å². The summed E-state index contributed by atoms with van der Waals surface area (Å²) in [6.45, 7) is 5.41. The molecular weight excluding hydrogens is 441 g/mol. The maximum absolute atomic E-state index is 13.5. The van der Waals surface area contributed by atoms with Crippen LogP contribution >= 0.6 is 11.6 Å². The zero-order valence-corrected chi connectivity index (χ0v) is 20.1. The number of benzene rings is 2. The summed E-state index contributed by atoms with van der Waals surface area (Å²) < 4.78 is 13.5. The van der Waals surface area contributed by atoms with Crippen molar-refractivity contribution in [3.05, 3.63) is 64.4 Å². The minimum Gasteiger partial charge on any atom is -0.337 e. The van der Waals surface area contributed by atoms with Crippen LogP contribution in [-0.2, 0) is 11.3 Å². The van der Waals surface area contributed by atoms with Crippen molar-refractivity contribution in [3.8, 4) is 0 Å². The van der Waals surface area contributed by atoms with Crippen LogP contribution in [0.1, 0.15) is 61.9 Å². The van der Waals surface area contributed by atoms with Gasteiger partial charge in [0.05, 0.1) is 0 Å².